The van der Waals surface area contributed by atoms with E-state index in [0.717, 1.165) is 0 Å². The standard InChI is InChI=1S/C10H11ClFNO/c1-7(14)6-13(2)10-5-8(11)3-4-9(10)12/h3-5H,6H2,1-2H3. The van der Waals surface area contributed by atoms with Crippen LogP contribution in [0.5, 0.6) is 0 Å². The van der Waals surface area contributed by atoms with Crippen molar-refractivity contribution in [3.63, 3.8) is 0 Å². The first-order valence-corrected chi connectivity index (χ1v) is 4.54. The van der Waals surface area contributed by atoms with Crippen molar-refractivity contribution in [3.05, 3.63) is 29.0 Å². The molecule has 0 saturated carbocycles. The molecule has 1 aromatic rings. The zero-order valence-corrected chi connectivity index (χ0v) is 8.81. The van der Waals surface area contributed by atoms with Crippen molar-refractivity contribution in [1.82, 2.24) is 0 Å². The smallest absolute Gasteiger partial charge is 0.149 e. The van der Waals surface area contributed by atoms with E-state index < -0.39 is 0 Å². The maximum Gasteiger partial charge on any atom is 0.149 e. The van der Waals surface area contributed by atoms with Crippen molar-refractivity contribution in [2.45, 2.75) is 6.92 Å². The molecule has 0 saturated heterocycles. The molecule has 0 aliphatic rings. The van der Waals surface area contributed by atoms with Crippen LogP contribution in [-0.2, 0) is 4.79 Å². The van der Waals surface area contributed by atoms with Gasteiger partial charge in [0.2, 0.25) is 0 Å². The van der Waals surface area contributed by atoms with Crippen molar-refractivity contribution >= 4 is 23.1 Å². The van der Waals surface area contributed by atoms with Gasteiger partial charge in [-0.25, -0.2) is 4.39 Å². The van der Waals surface area contributed by atoms with Crippen LogP contribution >= 0.6 is 11.6 Å². The van der Waals surface area contributed by atoms with Crippen LogP contribution in [0, 0.1) is 5.82 Å². The molecule has 0 radical (unpaired) electrons. The molecule has 0 unspecified atom stereocenters. The first-order chi connectivity index (χ1) is 6.50. The molecule has 0 aliphatic carbocycles. The third kappa shape index (κ3) is 2.70. The van der Waals surface area contributed by atoms with Crippen LogP contribution in [0.3, 0.4) is 0 Å². The van der Waals surface area contributed by atoms with Crippen molar-refractivity contribution in [1.29, 1.82) is 0 Å². The number of Topliss-reactive ketones (excluding diaryl/α,β-unsaturated/α-hetero) is 1. The van der Waals surface area contributed by atoms with E-state index in [1.54, 1.807) is 7.05 Å². The molecule has 2 nitrogen and oxygen atoms in total. The quantitative estimate of drug-likeness (QED) is 0.772. The third-order valence-corrected chi connectivity index (χ3v) is 2.01. The molecular formula is C10H11ClFNO. The monoisotopic (exact) mass is 215 g/mol. The van der Waals surface area contributed by atoms with Crippen LogP contribution in [0.1, 0.15) is 6.92 Å². The highest BCUT2D eigenvalue weighted by atomic mass is 35.5. The van der Waals surface area contributed by atoms with E-state index in [0.29, 0.717) is 10.7 Å². The van der Waals surface area contributed by atoms with Gasteiger partial charge in [-0.2, -0.15) is 0 Å². The van der Waals surface area contributed by atoms with Crippen molar-refractivity contribution in [2.75, 3.05) is 18.5 Å². The Morgan fingerprint density at radius 2 is 2.21 bits per heavy atom. The Balaban J connectivity index is 2.93. The number of rotatable bonds is 3. The van der Waals surface area contributed by atoms with Gasteiger partial charge < -0.3 is 4.90 Å². The average molecular weight is 216 g/mol. The lowest BCUT2D eigenvalue weighted by molar-refractivity contribution is -0.115. The Bertz CT molecular complexity index is 354. The SMILES string of the molecule is CC(=O)CN(C)c1cc(Cl)ccc1F. The number of carbonyl (C=O) groups excluding carboxylic acids is 1. The minimum atomic E-state index is -0.377. The Labute approximate surface area is 87.3 Å². The van der Waals surface area contributed by atoms with Gasteiger partial charge in [-0.15, -0.1) is 0 Å². The molecule has 14 heavy (non-hydrogen) atoms. The highest BCUT2D eigenvalue weighted by Gasteiger charge is 2.09. The molecule has 0 fully saturated rings. The summed E-state index contributed by atoms with van der Waals surface area (Å²) in [6, 6.07) is 4.26. The van der Waals surface area contributed by atoms with Gasteiger partial charge in [0, 0.05) is 12.1 Å². The molecular weight excluding hydrogens is 205 g/mol. The second-order valence-corrected chi connectivity index (χ2v) is 3.59. The minimum Gasteiger partial charge on any atom is -0.365 e. The number of ketones is 1. The normalized spacial score (nSPS) is 10.0. The summed E-state index contributed by atoms with van der Waals surface area (Å²) in [5.74, 6) is -0.398. The lowest BCUT2D eigenvalue weighted by Gasteiger charge is -2.18. The van der Waals surface area contributed by atoms with Gasteiger partial charge in [-0.05, 0) is 25.1 Å². The molecule has 0 N–H and O–H groups in total. The Morgan fingerprint density at radius 3 is 2.79 bits per heavy atom. The average Bonchev–Trinajstić information content (AvgIpc) is 2.08. The maximum absolute atomic E-state index is 13.3. The molecule has 0 bridgehead atoms. The maximum atomic E-state index is 13.3. The van der Waals surface area contributed by atoms with Crippen LogP contribution in [0.4, 0.5) is 10.1 Å². The van der Waals surface area contributed by atoms with Crippen molar-refractivity contribution < 1.29 is 9.18 Å². The van der Waals surface area contributed by atoms with E-state index >= 15 is 0 Å². The fourth-order valence-corrected chi connectivity index (χ4v) is 1.36. The lowest BCUT2D eigenvalue weighted by atomic mass is 10.2. The van der Waals surface area contributed by atoms with Crippen LogP contribution < -0.4 is 4.90 Å². The molecule has 0 heterocycles. The number of anilines is 1. The summed E-state index contributed by atoms with van der Waals surface area (Å²) in [6.07, 6.45) is 0. The number of hydrogen-bond acceptors (Lipinski definition) is 2. The molecule has 76 valence electrons. The molecule has 1 rings (SSSR count). The van der Waals surface area contributed by atoms with Gasteiger partial charge >= 0.3 is 0 Å². The van der Waals surface area contributed by atoms with E-state index in [4.69, 9.17) is 11.6 Å². The van der Waals surface area contributed by atoms with Crippen LogP contribution in [0.15, 0.2) is 18.2 Å². The first-order valence-electron chi connectivity index (χ1n) is 4.16. The predicted octanol–water partition coefficient (Wildman–Crippen LogP) is 2.50. The third-order valence-electron chi connectivity index (χ3n) is 1.78. The molecule has 0 amide bonds. The highest BCUT2D eigenvalue weighted by Crippen LogP contribution is 2.22. The summed E-state index contributed by atoms with van der Waals surface area (Å²) in [4.78, 5) is 12.4. The molecule has 0 aliphatic heterocycles. The number of benzene rings is 1. The molecule has 0 spiro atoms. The highest BCUT2D eigenvalue weighted by molar-refractivity contribution is 6.30. The van der Waals surface area contributed by atoms with Crippen LogP contribution in [0.25, 0.3) is 0 Å². The summed E-state index contributed by atoms with van der Waals surface area (Å²) in [5, 5.41) is 0.455. The van der Waals surface area contributed by atoms with E-state index in [2.05, 4.69) is 0 Å². The van der Waals surface area contributed by atoms with Crippen LogP contribution in [-0.4, -0.2) is 19.4 Å². The molecule has 0 atom stereocenters. The van der Waals surface area contributed by atoms with E-state index in [1.165, 1.54) is 30.0 Å². The van der Waals surface area contributed by atoms with E-state index in [9.17, 15) is 9.18 Å². The first kappa shape index (κ1) is 11.0. The summed E-state index contributed by atoms with van der Waals surface area (Å²) in [5.41, 5.74) is 0.340. The Morgan fingerprint density at radius 1 is 1.57 bits per heavy atom. The lowest BCUT2D eigenvalue weighted by Crippen LogP contribution is -2.24. The molecule has 0 aromatic heterocycles. The number of carbonyl (C=O) groups is 1. The van der Waals surface area contributed by atoms with Gasteiger partial charge in [-0.1, -0.05) is 11.6 Å². The summed E-state index contributed by atoms with van der Waals surface area (Å²) < 4.78 is 13.3. The van der Waals surface area contributed by atoms with E-state index in [-0.39, 0.29) is 18.1 Å². The predicted molar refractivity (Wildman–Crippen MR) is 55.4 cm³/mol. The fraction of sp³-hybridized carbons (Fsp3) is 0.300. The minimum absolute atomic E-state index is 0.0214. The van der Waals surface area contributed by atoms with Gasteiger partial charge in [-0.3, -0.25) is 4.79 Å². The van der Waals surface area contributed by atoms with Crippen molar-refractivity contribution in [3.8, 4) is 0 Å². The van der Waals surface area contributed by atoms with Gasteiger partial charge in [0.15, 0.2) is 0 Å². The molecule has 4 heteroatoms. The number of hydrogen-bond donors (Lipinski definition) is 0. The van der Waals surface area contributed by atoms with Gasteiger partial charge in [0.05, 0.1) is 12.2 Å². The topological polar surface area (TPSA) is 20.3 Å². The fourth-order valence-electron chi connectivity index (χ4n) is 1.20. The van der Waals surface area contributed by atoms with Gasteiger partial charge in [0.1, 0.15) is 11.6 Å². The summed E-state index contributed by atoms with van der Waals surface area (Å²) in [7, 11) is 1.65. The summed E-state index contributed by atoms with van der Waals surface area (Å²) in [6.45, 7) is 1.64. The van der Waals surface area contributed by atoms with Crippen LogP contribution in [0.2, 0.25) is 5.02 Å². The van der Waals surface area contributed by atoms with Crippen molar-refractivity contribution in [2.24, 2.45) is 0 Å². The van der Waals surface area contributed by atoms with E-state index in [1.807, 2.05) is 0 Å². The second kappa shape index (κ2) is 4.42. The summed E-state index contributed by atoms with van der Waals surface area (Å²) >= 11 is 5.72. The Kier molecular flexibility index (Phi) is 3.47. The van der Waals surface area contributed by atoms with Gasteiger partial charge in [0.25, 0.3) is 0 Å². The second-order valence-electron chi connectivity index (χ2n) is 3.15. The zero-order valence-electron chi connectivity index (χ0n) is 8.05. The zero-order chi connectivity index (χ0) is 10.7. The largest absolute Gasteiger partial charge is 0.365 e. The Hall–Kier alpha value is -1.09. The number of nitrogens with zero attached hydrogens (tertiary/aromatic N) is 1. The number of likely N-dealkylation sites (N-methyl/N-ethyl adjacent to an activating group) is 1. The molecule has 1 aromatic carbocycles. The number of halogens is 2.